The normalized spacial score (nSPS) is 15.1. The van der Waals surface area contributed by atoms with Crippen LogP contribution in [-0.4, -0.2) is 14.7 Å². The van der Waals surface area contributed by atoms with E-state index < -0.39 is 0 Å². The van der Waals surface area contributed by atoms with Crippen molar-refractivity contribution in [2.24, 2.45) is 0 Å². The number of hydrogen-bond acceptors (Lipinski definition) is 4. The van der Waals surface area contributed by atoms with Gasteiger partial charge in [0.25, 0.3) is 5.56 Å². The SMILES string of the molecule is O=c1ccc(Br)cn1Cc1nc(C2CC2)no1. The molecule has 0 spiro atoms. The van der Waals surface area contributed by atoms with Gasteiger partial charge < -0.3 is 9.09 Å². The Morgan fingerprint density at radius 3 is 3.06 bits per heavy atom. The molecule has 17 heavy (non-hydrogen) atoms. The maximum Gasteiger partial charge on any atom is 0.251 e. The van der Waals surface area contributed by atoms with Gasteiger partial charge in [-0.2, -0.15) is 4.98 Å². The lowest BCUT2D eigenvalue weighted by Gasteiger charge is -2.01. The van der Waals surface area contributed by atoms with Crippen LogP contribution < -0.4 is 5.56 Å². The molecule has 1 aliphatic carbocycles. The highest BCUT2D eigenvalue weighted by Crippen LogP contribution is 2.38. The van der Waals surface area contributed by atoms with E-state index in [1.807, 2.05) is 0 Å². The summed E-state index contributed by atoms with van der Waals surface area (Å²) < 4.78 is 7.51. The first-order chi connectivity index (χ1) is 8.22. The zero-order valence-corrected chi connectivity index (χ0v) is 10.6. The quantitative estimate of drug-likeness (QED) is 0.868. The molecular weight excluding hydrogens is 286 g/mol. The predicted octanol–water partition coefficient (Wildman–Crippen LogP) is 1.92. The summed E-state index contributed by atoms with van der Waals surface area (Å²) in [6, 6.07) is 3.21. The third kappa shape index (κ3) is 2.31. The van der Waals surface area contributed by atoms with Gasteiger partial charge in [-0.25, -0.2) is 0 Å². The van der Waals surface area contributed by atoms with Gasteiger partial charge in [-0.3, -0.25) is 4.79 Å². The Bertz CT molecular complexity index is 601. The highest BCUT2D eigenvalue weighted by atomic mass is 79.9. The molecule has 0 unspecified atom stereocenters. The zero-order valence-electron chi connectivity index (χ0n) is 8.97. The second-order valence-electron chi connectivity index (χ2n) is 4.13. The number of pyridine rings is 1. The van der Waals surface area contributed by atoms with Crippen LogP contribution in [0.1, 0.15) is 30.5 Å². The minimum atomic E-state index is -0.0839. The Kier molecular flexibility index (Phi) is 2.58. The second kappa shape index (κ2) is 4.10. The van der Waals surface area contributed by atoms with Crippen molar-refractivity contribution in [2.45, 2.75) is 25.3 Å². The van der Waals surface area contributed by atoms with Gasteiger partial charge in [0.1, 0.15) is 6.54 Å². The molecule has 1 aliphatic rings. The molecule has 88 valence electrons. The lowest BCUT2D eigenvalue weighted by atomic mass is 10.4. The summed E-state index contributed by atoms with van der Waals surface area (Å²) in [5, 5.41) is 3.91. The van der Waals surface area contributed by atoms with E-state index in [4.69, 9.17) is 4.52 Å². The Hall–Kier alpha value is -1.43. The molecule has 6 heteroatoms. The van der Waals surface area contributed by atoms with Gasteiger partial charge in [-0.1, -0.05) is 5.16 Å². The van der Waals surface area contributed by atoms with E-state index in [9.17, 15) is 4.79 Å². The zero-order chi connectivity index (χ0) is 11.8. The molecule has 2 heterocycles. The molecule has 0 N–H and O–H groups in total. The molecule has 2 aromatic rings. The fourth-order valence-electron chi connectivity index (χ4n) is 1.61. The second-order valence-corrected chi connectivity index (χ2v) is 5.05. The highest BCUT2D eigenvalue weighted by Gasteiger charge is 2.28. The van der Waals surface area contributed by atoms with E-state index >= 15 is 0 Å². The first kappa shape index (κ1) is 10.7. The fourth-order valence-corrected chi connectivity index (χ4v) is 1.99. The molecule has 0 radical (unpaired) electrons. The van der Waals surface area contributed by atoms with E-state index in [0.717, 1.165) is 23.1 Å². The molecule has 0 atom stereocenters. The standard InChI is InChI=1S/C11H10BrN3O2/c12-8-3-4-10(16)15(5-8)6-9-13-11(14-17-9)7-1-2-7/h3-5,7H,1-2,6H2. The monoisotopic (exact) mass is 295 g/mol. The third-order valence-electron chi connectivity index (χ3n) is 2.68. The molecule has 3 rings (SSSR count). The van der Waals surface area contributed by atoms with Crippen molar-refractivity contribution in [2.75, 3.05) is 0 Å². The molecule has 0 saturated heterocycles. The van der Waals surface area contributed by atoms with E-state index in [0.29, 0.717) is 18.4 Å². The number of aromatic nitrogens is 3. The lowest BCUT2D eigenvalue weighted by Crippen LogP contribution is -2.18. The predicted molar refractivity (Wildman–Crippen MR) is 63.8 cm³/mol. The van der Waals surface area contributed by atoms with Crippen LogP contribution in [0.2, 0.25) is 0 Å². The lowest BCUT2D eigenvalue weighted by molar-refractivity contribution is 0.365. The third-order valence-corrected chi connectivity index (χ3v) is 3.15. The Balaban J connectivity index is 1.85. The number of halogens is 1. The van der Waals surface area contributed by atoms with Crippen LogP contribution in [0.5, 0.6) is 0 Å². The van der Waals surface area contributed by atoms with E-state index in [1.165, 1.54) is 10.6 Å². The van der Waals surface area contributed by atoms with Gasteiger partial charge in [-0.15, -0.1) is 0 Å². The molecule has 0 amide bonds. The molecule has 1 fully saturated rings. The molecule has 1 saturated carbocycles. The van der Waals surface area contributed by atoms with Crippen LogP contribution in [-0.2, 0) is 6.54 Å². The van der Waals surface area contributed by atoms with Crippen molar-refractivity contribution in [1.29, 1.82) is 0 Å². The Labute approximate surface area is 106 Å². The smallest absolute Gasteiger partial charge is 0.251 e. The summed E-state index contributed by atoms with van der Waals surface area (Å²) in [5.74, 6) is 1.71. The summed E-state index contributed by atoms with van der Waals surface area (Å²) in [7, 11) is 0. The van der Waals surface area contributed by atoms with Gasteiger partial charge >= 0.3 is 0 Å². The average Bonchev–Trinajstić information content (AvgIpc) is 3.05. The van der Waals surface area contributed by atoms with Crippen molar-refractivity contribution in [3.8, 4) is 0 Å². The van der Waals surface area contributed by atoms with Crippen LogP contribution >= 0.6 is 15.9 Å². The first-order valence-electron chi connectivity index (χ1n) is 5.41. The summed E-state index contributed by atoms with van der Waals surface area (Å²) in [6.45, 7) is 0.317. The molecule has 0 aliphatic heterocycles. The van der Waals surface area contributed by atoms with Crippen LogP contribution in [0.4, 0.5) is 0 Å². The van der Waals surface area contributed by atoms with Gasteiger partial charge in [0.2, 0.25) is 5.89 Å². The molecule has 0 aromatic carbocycles. The fraction of sp³-hybridized carbons (Fsp3) is 0.364. The van der Waals surface area contributed by atoms with Gasteiger partial charge in [0, 0.05) is 22.7 Å². The van der Waals surface area contributed by atoms with Crippen molar-refractivity contribution >= 4 is 15.9 Å². The van der Waals surface area contributed by atoms with Crippen LogP contribution in [0.3, 0.4) is 0 Å². The summed E-state index contributed by atoms with van der Waals surface area (Å²) >= 11 is 3.32. The minimum Gasteiger partial charge on any atom is -0.337 e. The van der Waals surface area contributed by atoms with Crippen LogP contribution in [0, 0.1) is 0 Å². The number of hydrogen-bond donors (Lipinski definition) is 0. The summed E-state index contributed by atoms with van der Waals surface area (Å²) in [4.78, 5) is 15.9. The van der Waals surface area contributed by atoms with Crippen molar-refractivity contribution in [1.82, 2.24) is 14.7 Å². The summed E-state index contributed by atoms with van der Waals surface area (Å²) in [5.41, 5.74) is -0.0839. The summed E-state index contributed by atoms with van der Waals surface area (Å²) in [6.07, 6.45) is 3.98. The van der Waals surface area contributed by atoms with E-state index in [2.05, 4.69) is 26.1 Å². The van der Waals surface area contributed by atoms with Gasteiger partial charge in [0.05, 0.1) is 0 Å². The molecular formula is C11H10BrN3O2. The first-order valence-corrected chi connectivity index (χ1v) is 6.20. The topological polar surface area (TPSA) is 60.9 Å². The molecule has 5 nitrogen and oxygen atoms in total. The van der Waals surface area contributed by atoms with Crippen molar-refractivity contribution < 1.29 is 4.52 Å². The van der Waals surface area contributed by atoms with Gasteiger partial charge in [-0.05, 0) is 34.8 Å². The highest BCUT2D eigenvalue weighted by molar-refractivity contribution is 9.10. The number of nitrogens with zero attached hydrogens (tertiary/aromatic N) is 3. The van der Waals surface area contributed by atoms with Gasteiger partial charge in [0.15, 0.2) is 5.82 Å². The minimum absolute atomic E-state index is 0.0839. The Morgan fingerprint density at radius 2 is 2.29 bits per heavy atom. The Morgan fingerprint density at radius 1 is 1.47 bits per heavy atom. The van der Waals surface area contributed by atoms with Crippen molar-refractivity contribution in [3.05, 3.63) is 44.9 Å². The molecule has 2 aromatic heterocycles. The van der Waals surface area contributed by atoms with E-state index in [1.54, 1.807) is 12.3 Å². The van der Waals surface area contributed by atoms with Crippen LogP contribution in [0.15, 0.2) is 32.1 Å². The largest absolute Gasteiger partial charge is 0.337 e. The van der Waals surface area contributed by atoms with Crippen molar-refractivity contribution in [3.63, 3.8) is 0 Å². The van der Waals surface area contributed by atoms with Crippen LogP contribution in [0.25, 0.3) is 0 Å². The average molecular weight is 296 g/mol. The maximum atomic E-state index is 11.6. The van der Waals surface area contributed by atoms with E-state index in [-0.39, 0.29) is 5.56 Å². The molecule has 0 bridgehead atoms. The number of rotatable bonds is 3. The maximum absolute atomic E-state index is 11.6.